The Balaban J connectivity index is 1.89. The first-order valence-corrected chi connectivity index (χ1v) is 7.96. The molecule has 0 bridgehead atoms. The smallest absolute Gasteiger partial charge is 0.245 e. The lowest BCUT2D eigenvalue weighted by Gasteiger charge is -2.26. The van der Waals surface area contributed by atoms with E-state index in [1.54, 1.807) is 6.33 Å². The highest BCUT2D eigenvalue weighted by molar-refractivity contribution is 7.89. The van der Waals surface area contributed by atoms with Crippen LogP contribution in [-0.4, -0.2) is 44.0 Å². The van der Waals surface area contributed by atoms with Crippen LogP contribution in [0, 0.1) is 0 Å². The largest absolute Gasteiger partial charge is 0.388 e. The van der Waals surface area contributed by atoms with Crippen LogP contribution in [0.3, 0.4) is 0 Å². The SMILES string of the molecule is NC(=S)c1ccc(S(=O)(=O)N2CCn3cnnc3C2)cn1. The fourth-order valence-electron chi connectivity index (χ4n) is 2.08. The fourth-order valence-corrected chi connectivity index (χ4v) is 3.53. The molecular formula is C11H12N6O2S2. The van der Waals surface area contributed by atoms with Crippen LogP contribution >= 0.6 is 12.2 Å². The van der Waals surface area contributed by atoms with Crippen molar-refractivity contribution in [3.63, 3.8) is 0 Å². The maximum Gasteiger partial charge on any atom is 0.245 e. The van der Waals surface area contributed by atoms with E-state index in [2.05, 4.69) is 15.2 Å². The summed E-state index contributed by atoms with van der Waals surface area (Å²) < 4.78 is 28.3. The van der Waals surface area contributed by atoms with Crippen molar-refractivity contribution < 1.29 is 8.42 Å². The van der Waals surface area contributed by atoms with Crippen LogP contribution in [0.15, 0.2) is 29.6 Å². The number of hydrogen-bond donors (Lipinski definition) is 1. The van der Waals surface area contributed by atoms with Gasteiger partial charge in [-0.25, -0.2) is 8.42 Å². The zero-order valence-electron chi connectivity index (χ0n) is 10.9. The second-order valence-corrected chi connectivity index (χ2v) is 6.90. The second kappa shape index (κ2) is 5.13. The van der Waals surface area contributed by atoms with Gasteiger partial charge >= 0.3 is 0 Å². The third-order valence-corrected chi connectivity index (χ3v) is 5.27. The van der Waals surface area contributed by atoms with E-state index < -0.39 is 10.0 Å². The molecule has 0 saturated heterocycles. The molecule has 3 rings (SSSR count). The Labute approximate surface area is 126 Å². The minimum Gasteiger partial charge on any atom is -0.388 e. The van der Waals surface area contributed by atoms with E-state index in [4.69, 9.17) is 18.0 Å². The summed E-state index contributed by atoms with van der Waals surface area (Å²) >= 11 is 4.80. The van der Waals surface area contributed by atoms with Crippen molar-refractivity contribution in [3.05, 3.63) is 36.2 Å². The number of rotatable bonds is 3. The highest BCUT2D eigenvalue weighted by Gasteiger charge is 2.29. The lowest BCUT2D eigenvalue weighted by Crippen LogP contribution is -2.38. The molecular weight excluding hydrogens is 312 g/mol. The monoisotopic (exact) mass is 324 g/mol. The molecule has 2 N–H and O–H groups in total. The van der Waals surface area contributed by atoms with Crippen LogP contribution < -0.4 is 5.73 Å². The van der Waals surface area contributed by atoms with Crippen molar-refractivity contribution in [2.24, 2.45) is 5.73 Å². The number of sulfonamides is 1. The van der Waals surface area contributed by atoms with Gasteiger partial charge in [-0.3, -0.25) is 4.98 Å². The summed E-state index contributed by atoms with van der Waals surface area (Å²) in [4.78, 5) is 4.20. The van der Waals surface area contributed by atoms with Crippen LogP contribution in [-0.2, 0) is 23.1 Å². The molecule has 0 fully saturated rings. The molecule has 0 spiro atoms. The van der Waals surface area contributed by atoms with Crippen molar-refractivity contribution in [2.45, 2.75) is 18.0 Å². The maximum atomic E-state index is 12.6. The van der Waals surface area contributed by atoms with Crippen molar-refractivity contribution in [1.82, 2.24) is 24.1 Å². The van der Waals surface area contributed by atoms with E-state index >= 15 is 0 Å². The number of aromatic nitrogens is 4. The van der Waals surface area contributed by atoms with Gasteiger partial charge in [0.1, 0.15) is 22.0 Å². The molecule has 2 aromatic rings. The number of thiocarbonyl (C=S) groups is 1. The van der Waals surface area contributed by atoms with Crippen LogP contribution in [0.25, 0.3) is 0 Å². The first kappa shape index (κ1) is 14.0. The summed E-state index contributed by atoms with van der Waals surface area (Å²) in [6.07, 6.45) is 2.86. The van der Waals surface area contributed by atoms with E-state index in [0.29, 0.717) is 24.6 Å². The fraction of sp³-hybridized carbons (Fsp3) is 0.273. The minimum atomic E-state index is -3.62. The van der Waals surface area contributed by atoms with Crippen LogP contribution in [0.1, 0.15) is 11.5 Å². The third kappa shape index (κ3) is 2.52. The molecule has 1 aliphatic heterocycles. The Kier molecular flexibility index (Phi) is 3.43. The predicted octanol–water partition coefficient (Wildman–Crippen LogP) is -0.488. The molecule has 110 valence electrons. The van der Waals surface area contributed by atoms with Crippen molar-refractivity contribution in [2.75, 3.05) is 6.54 Å². The molecule has 0 atom stereocenters. The quantitative estimate of drug-likeness (QED) is 0.759. The van der Waals surface area contributed by atoms with Crippen molar-refractivity contribution >= 4 is 27.2 Å². The topological polar surface area (TPSA) is 107 Å². The molecule has 0 aliphatic carbocycles. The first-order chi connectivity index (χ1) is 9.98. The molecule has 2 aromatic heterocycles. The zero-order chi connectivity index (χ0) is 15.0. The molecule has 10 heteroatoms. The number of fused-ring (bicyclic) bond motifs is 1. The second-order valence-electron chi connectivity index (χ2n) is 4.52. The highest BCUT2D eigenvalue weighted by Crippen LogP contribution is 2.20. The Morgan fingerprint density at radius 1 is 1.33 bits per heavy atom. The number of nitrogens with two attached hydrogens (primary N) is 1. The summed E-state index contributed by atoms with van der Waals surface area (Å²) in [5.41, 5.74) is 5.84. The molecule has 0 unspecified atom stereocenters. The van der Waals surface area contributed by atoms with Crippen LogP contribution in [0.4, 0.5) is 0 Å². The Morgan fingerprint density at radius 2 is 2.14 bits per heavy atom. The molecule has 1 aliphatic rings. The lowest BCUT2D eigenvalue weighted by atomic mass is 10.3. The van der Waals surface area contributed by atoms with Gasteiger partial charge < -0.3 is 10.3 Å². The number of nitrogens with zero attached hydrogens (tertiary/aromatic N) is 5. The predicted molar refractivity (Wildman–Crippen MR) is 77.7 cm³/mol. The van der Waals surface area contributed by atoms with Gasteiger partial charge in [0, 0.05) is 19.3 Å². The van der Waals surface area contributed by atoms with Gasteiger partial charge in [-0.15, -0.1) is 10.2 Å². The van der Waals surface area contributed by atoms with Gasteiger partial charge in [-0.2, -0.15) is 4.31 Å². The van der Waals surface area contributed by atoms with Gasteiger partial charge in [0.2, 0.25) is 10.0 Å². The van der Waals surface area contributed by atoms with E-state index in [1.807, 2.05) is 4.57 Å². The van der Waals surface area contributed by atoms with Gasteiger partial charge in [-0.1, -0.05) is 12.2 Å². The van der Waals surface area contributed by atoms with E-state index in [9.17, 15) is 8.42 Å². The van der Waals surface area contributed by atoms with Gasteiger partial charge in [-0.05, 0) is 12.1 Å². The van der Waals surface area contributed by atoms with Crippen molar-refractivity contribution in [1.29, 1.82) is 0 Å². The molecule has 0 radical (unpaired) electrons. The van der Waals surface area contributed by atoms with Gasteiger partial charge in [0.05, 0.1) is 12.2 Å². The first-order valence-electron chi connectivity index (χ1n) is 6.11. The van der Waals surface area contributed by atoms with E-state index in [0.717, 1.165) is 0 Å². The third-order valence-electron chi connectivity index (χ3n) is 3.23. The summed E-state index contributed by atoms with van der Waals surface area (Å²) in [7, 11) is -3.62. The molecule has 0 aromatic carbocycles. The molecule has 21 heavy (non-hydrogen) atoms. The lowest BCUT2D eigenvalue weighted by molar-refractivity contribution is 0.335. The summed E-state index contributed by atoms with van der Waals surface area (Å²) in [6.45, 7) is 1.09. The number of hydrogen-bond acceptors (Lipinski definition) is 6. The summed E-state index contributed by atoms with van der Waals surface area (Å²) in [5, 5.41) is 7.68. The van der Waals surface area contributed by atoms with Crippen molar-refractivity contribution in [3.8, 4) is 0 Å². The minimum absolute atomic E-state index is 0.107. The zero-order valence-corrected chi connectivity index (χ0v) is 12.5. The van der Waals surface area contributed by atoms with Crippen LogP contribution in [0.5, 0.6) is 0 Å². The summed E-state index contributed by atoms with van der Waals surface area (Å²) in [6, 6.07) is 2.96. The molecule has 3 heterocycles. The average molecular weight is 324 g/mol. The molecule has 0 amide bonds. The normalized spacial score (nSPS) is 15.6. The highest BCUT2D eigenvalue weighted by atomic mass is 32.2. The van der Waals surface area contributed by atoms with Crippen LogP contribution in [0.2, 0.25) is 0 Å². The standard InChI is InChI=1S/C11H12N6O2S2/c12-11(20)9-2-1-8(5-13-9)21(18,19)17-4-3-16-7-14-15-10(16)6-17/h1-2,5,7H,3-4,6H2,(H2,12,20). The van der Waals surface area contributed by atoms with E-state index in [-0.39, 0.29) is 16.4 Å². The summed E-state index contributed by atoms with van der Waals surface area (Å²) in [5.74, 6) is 0.623. The molecule has 8 nitrogen and oxygen atoms in total. The Morgan fingerprint density at radius 3 is 2.81 bits per heavy atom. The number of pyridine rings is 1. The maximum absolute atomic E-state index is 12.6. The van der Waals surface area contributed by atoms with Gasteiger partial charge in [0.15, 0.2) is 0 Å². The molecule has 0 saturated carbocycles. The average Bonchev–Trinajstić information content (AvgIpc) is 2.94. The Bertz CT molecular complexity index is 783. The van der Waals surface area contributed by atoms with E-state index in [1.165, 1.54) is 22.6 Å². The Hall–Kier alpha value is -1.91. The van der Waals surface area contributed by atoms with Gasteiger partial charge in [0.25, 0.3) is 0 Å².